The third kappa shape index (κ3) is 46.9. The second-order valence-corrected chi connectivity index (χ2v) is 36.8. The number of hydrogen-bond acceptors (Lipinski definition) is 20. The van der Waals surface area contributed by atoms with Gasteiger partial charge in [-0.2, -0.15) is 0 Å². The number of carbonyl (C=O) groups is 7. The van der Waals surface area contributed by atoms with E-state index in [-0.39, 0.29) is 122 Å². The van der Waals surface area contributed by atoms with Gasteiger partial charge in [-0.3, -0.25) is 33.6 Å². The molecule has 0 radical (unpaired) electrons. The van der Waals surface area contributed by atoms with Crippen LogP contribution in [0.5, 0.6) is 5.75 Å². The van der Waals surface area contributed by atoms with Crippen LogP contribution in [0.15, 0.2) is 140 Å². The van der Waals surface area contributed by atoms with Gasteiger partial charge in [0, 0.05) is 38.3 Å². The standard InChI is InChI=1S/C19H29NO4.C18H28O4.C18H28O3.C17H23Cl3O3.C17H25ClO3.C17H26O3/c1-6-19(5,7-2)18(22)24-12-14(3)23-13-16-8-10-17(11-9-16)20-15(4)21;1-6-18(4,7-2)17(19)22-12-14(3)21-13-15-8-10-16(20-5)11-9-15;1-6-18(5,7-2)17(19)21-12-15(4)20-13-16-10-8-14(3)9-11-16;1-5-17(4,6-2)16(21)23-9-11(3)22-10-13-14(19)7-12(18)8-15(13)20;1-5-17(4,6-2)16(19)21-11-13(3)20-12-14-7-9-15(18)10-8-14;1-5-17(4,6-2)16(18)20-12-14(3)19-13-15-10-8-7-9-11-15/h8-11,14H,6-7,12-13H2,1-5H3,(H,20,21);8-11,14H,6-7,12-13H2,1-5H3;8-11,15H,6-7,12-13H2,1-5H3;7-8,11H,5-6,9-10H2,1-4H3;7-10,13H,5-6,11-12H2,1-4H3;7-11,14H,5-6,12-13H2,1-4H3. The summed E-state index contributed by atoms with van der Waals surface area (Å²) in [5, 5.41) is 4.81. The monoisotopic (exact) mass is 1910 g/mol. The second-order valence-electron chi connectivity index (χ2n) is 35.1. The molecular weight excluding hydrogens is 1750 g/mol. The number of carbonyl (C=O) groups excluding carboxylic acids is 7. The fourth-order valence-electron chi connectivity index (χ4n) is 11.3. The van der Waals surface area contributed by atoms with Crippen molar-refractivity contribution >= 4 is 93.8 Å². The van der Waals surface area contributed by atoms with Crippen LogP contribution < -0.4 is 10.1 Å². The zero-order valence-electron chi connectivity index (χ0n) is 83.9. The highest BCUT2D eigenvalue weighted by Gasteiger charge is 2.36. The van der Waals surface area contributed by atoms with E-state index in [4.69, 9.17) is 108 Å². The number of halogens is 4. The van der Waals surface area contributed by atoms with E-state index in [1.807, 2.05) is 269 Å². The lowest BCUT2D eigenvalue weighted by atomic mass is 9.85. The highest BCUT2D eigenvalue weighted by atomic mass is 35.5. The minimum atomic E-state index is -0.442. The zero-order valence-corrected chi connectivity index (χ0v) is 86.9. The van der Waals surface area contributed by atoms with E-state index in [1.165, 1.54) is 12.5 Å². The molecule has 25 heteroatoms. The molecule has 0 bridgehead atoms. The topological polar surface area (TPSA) is 252 Å². The molecule has 0 aliphatic heterocycles. The van der Waals surface area contributed by atoms with Gasteiger partial charge in [0.05, 0.1) is 116 Å². The lowest BCUT2D eigenvalue weighted by molar-refractivity contribution is -0.160. The summed E-state index contributed by atoms with van der Waals surface area (Å²) in [7, 11) is 1.64. The van der Waals surface area contributed by atoms with Crippen molar-refractivity contribution in [2.45, 2.75) is 333 Å². The van der Waals surface area contributed by atoms with Crippen LogP contribution in [0.25, 0.3) is 0 Å². The maximum atomic E-state index is 12.1. The van der Waals surface area contributed by atoms with Crippen LogP contribution in [0, 0.1) is 39.4 Å². The van der Waals surface area contributed by atoms with Crippen molar-refractivity contribution in [1.29, 1.82) is 0 Å². The summed E-state index contributed by atoms with van der Waals surface area (Å²) in [6.07, 6.45) is 8.39. The van der Waals surface area contributed by atoms with Gasteiger partial charge in [0.2, 0.25) is 5.91 Å². The Labute approximate surface area is 806 Å². The number of methoxy groups -OCH3 is 1. The fourth-order valence-corrected chi connectivity index (χ4v) is 12.4. The number of amides is 1. The molecule has 0 fully saturated rings. The fraction of sp³-hybridized carbons (Fsp3) is 0.594. The first kappa shape index (κ1) is 121. The summed E-state index contributed by atoms with van der Waals surface area (Å²) in [6, 6.07) is 44.2. The molecule has 0 spiro atoms. The van der Waals surface area contributed by atoms with Crippen LogP contribution in [0.1, 0.15) is 289 Å². The number of nitrogens with one attached hydrogen (secondary N) is 1. The summed E-state index contributed by atoms with van der Waals surface area (Å²) in [6.45, 7) is 54.9. The number of esters is 6. The predicted molar refractivity (Wildman–Crippen MR) is 528 cm³/mol. The van der Waals surface area contributed by atoms with E-state index in [2.05, 4.69) is 36.5 Å². The molecular formula is C106H159Cl4NO20. The van der Waals surface area contributed by atoms with Crippen LogP contribution in [-0.4, -0.2) is 125 Å². The van der Waals surface area contributed by atoms with Crippen LogP contribution in [0.4, 0.5) is 5.69 Å². The van der Waals surface area contributed by atoms with E-state index in [9.17, 15) is 33.6 Å². The third-order valence-electron chi connectivity index (χ3n) is 24.6. The molecule has 0 aromatic heterocycles. The Hall–Kier alpha value is -7.67. The van der Waals surface area contributed by atoms with E-state index in [0.29, 0.717) is 71.9 Å². The van der Waals surface area contributed by atoms with Gasteiger partial charge in [-0.05, 0) is 243 Å². The predicted octanol–water partition coefficient (Wildman–Crippen LogP) is 26.7. The highest BCUT2D eigenvalue weighted by molar-refractivity contribution is 6.39. The van der Waals surface area contributed by atoms with Crippen LogP contribution >= 0.6 is 46.4 Å². The van der Waals surface area contributed by atoms with Crippen molar-refractivity contribution < 1.29 is 95.1 Å². The second kappa shape index (κ2) is 64.3. The van der Waals surface area contributed by atoms with Gasteiger partial charge in [-0.1, -0.05) is 226 Å². The average molecular weight is 1910 g/mol. The molecule has 0 saturated heterocycles. The SMILES string of the molecule is CCC(C)(CC)C(=O)OCC(C)OCc1c(Cl)cc(Cl)cc1Cl.CCC(C)(CC)C(=O)OCC(C)OCc1ccc(C)cc1.CCC(C)(CC)C(=O)OCC(C)OCc1ccc(Cl)cc1.CCC(C)(CC)C(=O)OCC(C)OCc1ccc(NC(C)=O)cc1.CCC(C)(CC)C(=O)OCC(C)OCc1ccc(OC)cc1.CCC(C)(CC)C(=O)OCC(C)OCc1ccccc1. The summed E-state index contributed by atoms with van der Waals surface area (Å²) >= 11 is 23.9. The lowest BCUT2D eigenvalue weighted by Crippen LogP contribution is -2.31. The molecule has 736 valence electrons. The van der Waals surface area contributed by atoms with Gasteiger partial charge in [0.1, 0.15) is 45.4 Å². The Balaban J connectivity index is 0.000000787. The van der Waals surface area contributed by atoms with Gasteiger partial charge in [0.15, 0.2) is 0 Å². The van der Waals surface area contributed by atoms with Crippen LogP contribution in [-0.2, 0) is 130 Å². The molecule has 0 aliphatic rings. The van der Waals surface area contributed by atoms with Crippen molar-refractivity contribution in [2.75, 3.05) is 52.1 Å². The van der Waals surface area contributed by atoms with Crippen molar-refractivity contribution in [3.05, 3.63) is 199 Å². The minimum absolute atomic E-state index is 0.0967. The van der Waals surface area contributed by atoms with Gasteiger partial charge >= 0.3 is 35.8 Å². The average Bonchev–Trinajstić information content (AvgIpc) is 0.835. The molecule has 6 aromatic rings. The molecule has 0 aliphatic carbocycles. The number of aryl methyl sites for hydroxylation is 1. The first-order valence-electron chi connectivity index (χ1n) is 46.5. The zero-order chi connectivity index (χ0) is 99.1. The molecule has 0 heterocycles. The maximum absolute atomic E-state index is 12.1. The normalized spacial score (nSPS) is 12.9. The minimum Gasteiger partial charge on any atom is -0.497 e. The number of hydrogen-bond donors (Lipinski definition) is 1. The Morgan fingerprint density at radius 3 is 0.763 bits per heavy atom. The highest BCUT2D eigenvalue weighted by Crippen LogP contribution is 2.34. The van der Waals surface area contributed by atoms with Gasteiger partial charge < -0.3 is 66.9 Å². The molecule has 6 unspecified atom stereocenters. The van der Waals surface area contributed by atoms with Crippen molar-refractivity contribution in [2.24, 2.45) is 32.5 Å². The van der Waals surface area contributed by atoms with Gasteiger partial charge in [0.25, 0.3) is 0 Å². The lowest BCUT2D eigenvalue weighted by Gasteiger charge is -2.25. The Kier molecular flexibility index (Phi) is 59.6. The maximum Gasteiger partial charge on any atom is 0.311 e. The summed E-state index contributed by atoms with van der Waals surface area (Å²) in [5.41, 5.74) is 5.62. The summed E-state index contributed by atoms with van der Waals surface area (Å²) in [5.74, 6) is -0.171. The van der Waals surface area contributed by atoms with E-state index in [1.54, 1.807) is 19.2 Å². The van der Waals surface area contributed by atoms with Gasteiger partial charge in [-0.15, -0.1) is 0 Å². The number of benzene rings is 6. The molecule has 0 saturated carbocycles. The molecule has 6 aromatic carbocycles. The smallest absolute Gasteiger partial charge is 0.311 e. The van der Waals surface area contributed by atoms with E-state index in [0.717, 1.165) is 116 Å². The number of rotatable bonds is 50. The van der Waals surface area contributed by atoms with E-state index < -0.39 is 21.7 Å². The van der Waals surface area contributed by atoms with Crippen LogP contribution in [0.2, 0.25) is 20.1 Å². The Bertz CT molecular complexity index is 4070. The Morgan fingerprint density at radius 1 is 0.305 bits per heavy atom. The Morgan fingerprint density at radius 2 is 0.527 bits per heavy atom. The first-order valence-corrected chi connectivity index (χ1v) is 48.0. The van der Waals surface area contributed by atoms with Crippen molar-refractivity contribution in [3.8, 4) is 5.75 Å². The number of anilines is 1. The molecule has 6 atom stereocenters. The summed E-state index contributed by atoms with van der Waals surface area (Å²) < 4.78 is 71.6. The van der Waals surface area contributed by atoms with Crippen molar-refractivity contribution in [3.63, 3.8) is 0 Å². The molecule has 1 amide bonds. The molecule has 1 N–H and O–H groups in total. The molecule has 131 heavy (non-hydrogen) atoms. The number of ether oxygens (including phenoxy) is 13. The van der Waals surface area contributed by atoms with E-state index >= 15 is 0 Å². The molecule has 21 nitrogen and oxygen atoms in total. The molecule has 6 rings (SSSR count). The summed E-state index contributed by atoms with van der Waals surface area (Å²) in [4.78, 5) is 83.4. The first-order chi connectivity index (χ1) is 61.8. The van der Waals surface area contributed by atoms with Crippen LogP contribution in [0.3, 0.4) is 0 Å². The third-order valence-corrected chi connectivity index (χ3v) is 25.8. The quantitative estimate of drug-likeness (QED) is 0.0275. The van der Waals surface area contributed by atoms with Crippen molar-refractivity contribution in [1.82, 2.24) is 0 Å². The largest absolute Gasteiger partial charge is 0.497 e. The van der Waals surface area contributed by atoms with Gasteiger partial charge in [-0.25, -0.2) is 0 Å².